The first-order valence-electron chi connectivity index (χ1n) is 10.6. The molecule has 1 aliphatic carbocycles. The Kier molecular flexibility index (Phi) is 5.74. The van der Waals surface area contributed by atoms with E-state index in [1.54, 1.807) is 0 Å². The second-order valence-corrected chi connectivity index (χ2v) is 8.31. The van der Waals surface area contributed by atoms with Crippen molar-refractivity contribution in [1.82, 2.24) is 10.2 Å². The molecular weight excluding hydrogens is 356 g/mol. The van der Waals surface area contributed by atoms with Gasteiger partial charge in [0.1, 0.15) is 0 Å². The maximum absolute atomic E-state index is 12.6. The number of nitrogens with one attached hydrogen (secondary N) is 1. The Balaban J connectivity index is 1.23. The zero-order valence-electron chi connectivity index (χ0n) is 16.6. The molecule has 152 valence electrons. The predicted molar refractivity (Wildman–Crippen MR) is 105 cm³/mol. The number of hydrogen-bond acceptors (Lipinski definition) is 4. The highest BCUT2D eigenvalue weighted by atomic mass is 16.7. The van der Waals surface area contributed by atoms with E-state index in [4.69, 9.17) is 9.47 Å². The summed E-state index contributed by atoms with van der Waals surface area (Å²) in [7, 11) is 0. The van der Waals surface area contributed by atoms with Gasteiger partial charge in [-0.25, -0.2) is 0 Å². The minimum absolute atomic E-state index is 0.0373. The van der Waals surface area contributed by atoms with E-state index in [1.165, 1.54) is 12.8 Å². The Hall–Kier alpha value is -2.24. The smallest absolute Gasteiger partial charge is 0.231 e. The summed E-state index contributed by atoms with van der Waals surface area (Å²) in [5, 5.41) is 3.25. The molecule has 2 aliphatic heterocycles. The van der Waals surface area contributed by atoms with Crippen molar-refractivity contribution in [2.24, 2.45) is 11.8 Å². The van der Waals surface area contributed by atoms with Crippen LogP contribution in [-0.4, -0.2) is 42.6 Å². The van der Waals surface area contributed by atoms with E-state index >= 15 is 0 Å². The third kappa shape index (κ3) is 4.26. The van der Waals surface area contributed by atoms with Crippen LogP contribution in [0, 0.1) is 11.8 Å². The Morgan fingerprint density at radius 3 is 2.64 bits per heavy atom. The molecule has 2 fully saturated rings. The van der Waals surface area contributed by atoms with Gasteiger partial charge < -0.3 is 19.7 Å². The fourth-order valence-corrected chi connectivity index (χ4v) is 4.62. The molecule has 1 saturated heterocycles. The van der Waals surface area contributed by atoms with Gasteiger partial charge in [0.05, 0.1) is 6.42 Å². The molecule has 0 bridgehead atoms. The van der Waals surface area contributed by atoms with Gasteiger partial charge in [0, 0.05) is 25.0 Å². The van der Waals surface area contributed by atoms with Gasteiger partial charge in [-0.3, -0.25) is 9.59 Å². The van der Waals surface area contributed by atoms with Crippen molar-refractivity contribution in [2.45, 2.75) is 57.9 Å². The van der Waals surface area contributed by atoms with Crippen LogP contribution in [0.4, 0.5) is 0 Å². The molecule has 2 unspecified atom stereocenters. The average Bonchev–Trinajstić information content (AvgIpc) is 3.36. The van der Waals surface area contributed by atoms with Gasteiger partial charge in [-0.1, -0.05) is 19.4 Å². The molecule has 4 rings (SSSR count). The number of ether oxygens (including phenoxy) is 2. The Morgan fingerprint density at radius 1 is 1.11 bits per heavy atom. The van der Waals surface area contributed by atoms with Gasteiger partial charge in [0.25, 0.3) is 0 Å². The lowest BCUT2D eigenvalue weighted by Gasteiger charge is -2.32. The summed E-state index contributed by atoms with van der Waals surface area (Å²) < 4.78 is 10.7. The SMILES string of the molecule is CCC1CCC(NC(=O)C2CCN(C(=O)Cc3ccc4c(c3)OCO4)CC2)C1. The van der Waals surface area contributed by atoms with Crippen LogP contribution in [0.5, 0.6) is 11.5 Å². The molecule has 0 radical (unpaired) electrons. The quantitative estimate of drug-likeness (QED) is 0.845. The second-order valence-electron chi connectivity index (χ2n) is 8.31. The van der Waals surface area contributed by atoms with Crippen molar-refractivity contribution in [2.75, 3.05) is 19.9 Å². The highest BCUT2D eigenvalue weighted by Crippen LogP contribution is 2.33. The molecule has 0 spiro atoms. The van der Waals surface area contributed by atoms with Gasteiger partial charge in [0.15, 0.2) is 11.5 Å². The molecule has 28 heavy (non-hydrogen) atoms. The molecule has 3 aliphatic rings. The number of piperidine rings is 1. The zero-order valence-corrected chi connectivity index (χ0v) is 16.6. The number of hydrogen-bond donors (Lipinski definition) is 1. The number of likely N-dealkylation sites (tertiary alicyclic amines) is 1. The van der Waals surface area contributed by atoms with Crippen LogP contribution in [0.2, 0.25) is 0 Å². The summed E-state index contributed by atoms with van der Waals surface area (Å²) in [6, 6.07) is 6.00. The highest BCUT2D eigenvalue weighted by molar-refractivity contribution is 5.81. The number of amides is 2. The fourth-order valence-electron chi connectivity index (χ4n) is 4.62. The number of carbonyl (C=O) groups excluding carboxylic acids is 2. The molecule has 2 amide bonds. The lowest BCUT2D eigenvalue weighted by atomic mass is 9.95. The number of carbonyl (C=O) groups is 2. The van der Waals surface area contributed by atoms with Crippen molar-refractivity contribution < 1.29 is 19.1 Å². The second kappa shape index (κ2) is 8.41. The van der Waals surface area contributed by atoms with Crippen LogP contribution in [0.15, 0.2) is 18.2 Å². The minimum atomic E-state index is 0.0373. The summed E-state index contributed by atoms with van der Waals surface area (Å²) in [5.41, 5.74) is 0.931. The van der Waals surface area contributed by atoms with Crippen molar-refractivity contribution >= 4 is 11.8 Å². The van der Waals surface area contributed by atoms with E-state index in [9.17, 15) is 9.59 Å². The van der Waals surface area contributed by atoms with Gasteiger partial charge in [0.2, 0.25) is 18.6 Å². The number of nitrogens with zero attached hydrogens (tertiary/aromatic N) is 1. The zero-order chi connectivity index (χ0) is 19.5. The molecule has 2 heterocycles. The third-order valence-corrected chi connectivity index (χ3v) is 6.48. The summed E-state index contributed by atoms with van der Waals surface area (Å²) in [6.45, 7) is 3.78. The summed E-state index contributed by atoms with van der Waals surface area (Å²) in [5.74, 6) is 2.54. The standard InChI is InChI=1S/C22H30N2O4/c1-2-15-3-5-18(11-15)23-22(26)17-7-9-24(10-8-17)21(25)13-16-4-6-19-20(12-16)28-14-27-19/h4,6,12,15,17-18H,2-3,5,7-11,13-14H2,1H3,(H,23,26). The van der Waals surface area contributed by atoms with Gasteiger partial charge >= 0.3 is 0 Å². The van der Waals surface area contributed by atoms with E-state index in [2.05, 4.69) is 12.2 Å². The maximum atomic E-state index is 12.6. The highest BCUT2D eigenvalue weighted by Gasteiger charge is 2.30. The first-order chi connectivity index (χ1) is 13.6. The molecule has 6 nitrogen and oxygen atoms in total. The van der Waals surface area contributed by atoms with E-state index < -0.39 is 0 Å². The normalized spacial score (nSPS) is 24.4. The van der Waals surface area contributed by atoms with Crippen LogP contribution < -0.4 is 14.8 Å². The molecule has 1 N–H and O–H groups in total. The maximum Gasteiger partial charge on any atom is 0.231 e. The largest absolute Gasteiger partial charge is 0.454 e. The van der Waals surface area contributed by atoms with Crippen LogP contribution in [0.25, 0.3) is 0 Å². The Morgan fingerprint density at radius 2 is 1.89 bits per heavy atom. The van der Waals surface area contributed by atoms with Gasteiger partial charge in [-0.05, 0) is 55.7 Å². The number of benzene rings is 1. The molecule has 1 aromatic carbocycles. The monoisotopic (exact) mass is 386 g/mol. The van der Waals surface area contributed by atoms with Crippen molar-refractivity contribution in [1.29, 1.82) is 0 Å². The van der Waals surface area contributed by atoms with Crippen molar-refractivity contribution in [3.63, 3.8) is 0 Å². The minimum Gasteiger partial charge on any atom is -0.454 e. The lowest BCUT2D eigenvalue weighted by molar-refractivity contribution is -0.135. The van der Waals surface area contributed by atoms with E-state index in [1.807, 2.05) is 23.1 Å². The summed E-state index contributed by atoms with van der Waals surface area (Å²) >= 11 is 0. The third-order valence-electron chi connectivity index (χ3n) is 6.48. The van der Waals surface area contributed by atoms with Gasteiger partial charge in [-0.15, -0.1) is 0 Å². The van der Waals surface area contributed by atoms with E-state index in [0.717, 1.165) is 42.9 Å². The molecule has 1 aromatic rings. The topological polar surface area (TPSA) is 67.9 Å². The fraction of sp³-hybridized carbons (Fsp3) is 0.636. The number of fused-ring (bicyclic) bond motifs is 1. The Bertz CT molecular complexity index is 727. The average molecular weight is 386 g/mol. The van der Waals surface area contributed by atoms with Crippen LogP contribution in [0.1, 0.15) is 51.0 Å². The predicted octanol–water partition coefficient (Wildman–Crippen LogP) is 2.89. The molecule has 1 saturated carbocycles. The van der Waals surface area contributed by atoms with Crippen LogP contribution in [-0.2, 0) is 16.0 Å². The summed E-state index contributed by atoms with van der Waals surface area (Å²) in [6.07, 6.45) is 6.52. The molecular formula is C22H30N2O4. The molecule has 0 aromatic heterocycles. The first kappa shape index (κ1) is 19.1. The van der Waals surface area contributed by atoms with Crippen LogP contribution in [0.3, 0.4) is 0 Å². The molecule has 6 heteroatoms. The summed E-state index contributed by atoms with van der Waals surface area (Å²) in [4.78, 5) is 27.1. The van der Waals surface area contributed by atoms with Crippen molar-refractivity contribution in [3.8, 4) is 11.5 Å². The van der Waals surface area contributed by atoms with Crippen LogP contribution >= 0.6 is 0 Å². The van der Waals surface area contributed by atoms with Gasteiger partial charge in [-0.2, -0.15) is 0 Å². The lowest BCUT2D eigenvalue weighted by Crippen LogP contribution is -2.45. The van der Waals surface area contributed by atoms with Crippen molar-refractivity contribution in [3.05, 3.63) is 23.8 Å². The Labute approximate surface area is 166 Å². The first-order valence-corrected chi connectivity index (χ1v) is 10.6. The number of rotatable bonds is 5. The molecule has 2 atom stereocenters. The van der Waals surface area contributed by atoms with E-state index in [0.29, 0.717) is 31.3 Å². The van der Waals surface area contributed by atoms with E-state index in [-0.39, 0.29) is 24.5 Å².